The van der Waals surface area contributed by atoms with Gasteiger partial charge in [0.15, 0.2) is 5.78 Å². The van der Waals surface area contributed by atoms with Crippen LogP contribution in [-0.2, 0) is 20.5 Å². The first-order chi connectivity index (χ1) is 19.4. The van der Waals surface area contributed by atoms with E-state index in [2.05, 4.69) is 15.5 Å². The van der Waals surface area contributed by atoms with Gasteiger partial charge in [-0.05, 0) is 72.8 Å². The van der Waals surface area contributed by atoms with Gasteiger partial charge in [-0.3, -0.25) is 19.3 Å². The number of nitrogens with zero attached hydrogens (tertiary/aromatic N) is 1. The third-order valence-electron chi connectivity index (χ3n) is 10.1. The summed E-state index contributed by atoms with van der Waals surface area (Å²) in [6.07, 6.45) is 1.61. The summed E-state index contributed by atoms with van der Waals surface area (Å²) in [6.45, 7) is 4.68. The molecule has 2 amide bonds. The monoisotopic (exact) mass is 527 g/mol. The van der Waals surface area contributed by atoms with Gasteiger partial charge in [-0.25, -0.2) is 0 Å². The Bertz CT molecular complexity index is 1810. The Hall–Kier alpha value is -4.29. The van der Waals surface area contributed by atoms with Gasteiger partial charge in [-0.2, -0.15) is 0 Å². The lowest BCUT2D eigenvalue weighted by atomic mass is 9.57. The van der Waals surface area contributed by atoms with E-state index in [1.54, 1.807) is 0 Å². The zero-order valence-electron chi connectivity index (χ0n) is 22.5. The smallest absolute Gasteiger partial charge is 0.251 e. The number of amides is 2. The molecule has 2 N–H and O–H groups in total. The van der Waals surface area contributed by atoms with Crippen molar-refractivity contribution in [3.8, 4) is 0 Å². The summed E-state index contributed by atoms with van der Waals surface area (Å²) in [4.78, 5) is 46.4. The average Bonchev–Trinajstić information content (AvgIpc) is 3.69. The highest BCUT2D eigenvalue weighted by molar-refractivity contribution is 6.21. The highest BCUT2D eigenvalue weighted by Crippen LogP contribution is 2.68. The highest BCUT2D eigenvalue weighted by atomic mass is 16.2. The van der Waals surface area contributed by atoms with Gasteiger partial charge in [0.05, 0.1) is 5.92 Å². The third-order valence-corrected chi connectivity index (χ3v) is 10.1. The summed E-state index contributed by atoms with van der Waals surface area (Å²) < 4.78 is 0. The first-order valence-electron chi connectivity index (χ1n) is 14.0. The molecule has 4 aromatic carbocycles. The Morgan fingerprint density at radius 2 is 1.62 bits per heavy atom. The van der Waals surface area contributed by atoms with Crippen LogP contribution in [0.4, 0.5) is 11.4 Å². The van der Waals surface area contributed by atoms with Gasteiger partial charge in [-0.15, -0.1) is 0 Å². The number of carbonyl (C=O) groups excluding carboxylic acids is 3. The lowest BCUT2D eigenvalue weighted by Gasteiger charge is -2.43. The molecule has 0 aliphatic carbocycles. The van der Waals surface area contributed by atoms with Crippen molar-refractivity contribution in [2.75, 3.05) is 17.2 Å². The van der Waals surface area contributed by atoms with E-state index in [1.807, 2.05) is 92.7 Å². The van der Waals surface area contributed by atoms with Crippen LogP contribution in [0.25, 0.3) is 10.8 Å². The van der Waals surface area contributed by atoms with Gasteiger partial charge in [-0.1, -0.05) is 66.7 Å². The van der Waals surface area contributed by atoms with Crippen LogP contribution in [0.5, 0.6) is 0 Å². The fourth-order valence-corrected chi connectivity index (χ4v) is 8.42. The average molecular weight is 528 g/mol. The Balaban J connectivity index is 1.46. The molecule has 0 aromatic heterocycles. The molecule has 0 saturated carbocycles. The van der Waals surface area contributed by atoms with Crippen LogP contribution in [-0.4, -0.2) is 35.1 Å². The first kappa shape index (κ1) is 23.6. The third kappa shape index (κ3) is 2.56. The lowest BCUT2D eigenvalue weighted by molar-refractivity contribution is -0.137. The Morgan fingerprint density at radius 3 is 2.48 bits per heavy atom. The number of rotatable bonds is 2. The molecule has 2 saturated heterocycles. The molecule has 4 atom stereocenters. The van der Waals surface area contributed by atoms with Gasteiger partial charge >= 0.3 is 0 Å². The number of ketones is 1. The fraction of sp³-hybridized carbons (Fsp3) is 0.265. The molecule has 2 spiro atoms. The normalized spacial score (nSPS) is 28.1. The maximum atomic E-state index is 14.9. The van der Waals surface area contributed by atoms with Crippen molar-refractivity contribution in [2.24, 2.45) is 5.92 Å². The second-order valence-electron chi connectivity index (χ2n) is 11.7. The number of Topliss-reactive ketones (excluding diaryl/α,β-unsaturated/α-hetero) is 1. The molecule has 4 aromatic rings. The minimum atomic E-state index is -1.42. The van der Waals surface area contributed by atoms with Crippen molar-refractivity contribution in [3.05, 3.63) is 107 Å². The van der Waals surface area contributed by atoms with Crippen LogP contribution in [0, 0.1) is 19.8 Å². The summed E-state index contributed by atoms with van der Waals surface area (Å²) in [7, 11) is 0. The summed E-state index contributed by atoms with van der Waals surface area (Å²) in [5, 5.41) is 8.35. The molecule has 6 heteroatoms. The predicted molar refractivity (Wildman–Crippen MR) is 154 cm³/mol. The molecule has 4 aliphatic heterocycles. The van der Waals surface area contributed by atoms with Crippen LogP contribution in [0.2, 0.25) is 0 Å². The van der Waals surface area contributed by atoms with Gasteiger partial charge in [0.2, 0.25) is 5.91 Å². The van der Waals surface area contributed by atoms with Crippen molar-refractivity contribution < 1.29 is 14.4 Å². The van der Waals surface area contributed by atoms with E-state index in [0.717, 1.165) is 51.6 Å². The van der Waals surface area contributed by atoms with E-state index >= 15 is 0 Å². The Morgan fingerprint density at radius 1 is 0.850 bits per heavy atom. The molecule has 8 rings (SSSR count). The van der Waals surface area contributed by atoms with Crippen LogP contribution >= 0.6 is 0 Å². The van der Waals surface area contributed by atoms with Crippen molar-refractivity contribution >= 4 is 39.7 Å². The van der Waals surface area contributed by atoms with Gasteiger partial charge < -0.3 is 10.6 Å². The van der Waals surface area contributed by atoms with E-state index in [-0.39, 0.29) is 23.6 Å². The van der Waals surface area contributed by atoms with Crippen molar-refractivity contribution in [3.63, 3.8) is 0 Å². The molecule has 0 bridgehead atoms. The standard InChI is InChI=1S/C34H29N3O3/c1-19-13-16-25-29(20(19)2)36-32(40)34(25)33(24-10-5-6-11-26(24)35-31(33)39)28(27-12-7-17-37(27)34)30(38)23-15-14-21-8-3-4-9-22(21)18-23/h3-6,8-11,13-16,18,27-28H,7,12,17H2,1-2H3,(H,35,39)(H,36,40)/t27-,28+,33-,34+/m0/s1. The maximum Gasteiger partial charge on any atom is 0.251 e. The summed E-state index contributed by atoms with van der Waals surface area (Å²) in [5.74, 6) is -1.32. The maximum absolute atomic E-state index is 14.9. The number of aryl methyl sites for hydroxylation is 1. The Kier molecular flexibility index (Phi) is 4.65. The quantitative estimate of drug-likeness (QED) is 0.339. The minimum Gasteiger partial charge on any atom is -0.325 e. The summed E-state index contributed by atoms with van der Waals surface area (Å²) in [6, 6.07) is 25.1. The van der Waals surface area contributed by atoms with Crippen molar-refractivity contribution in [2.45, 2.75) is 43.7 Å². The molecule has 2 fully saturated rings. The molecule has 0 radical (unpaired) electrons. The van der Waals surface area contributed by atoms with Crippen LogP contribution in [0.1, 0.15) is 45.5 Å². The zero-order valence-corrected chi connectivity index (χ0v) is 22.5. The molecule has 40 heavy (non-hydrogen) atoms. The lowest BCUT2D eigenvalue weighted by Crippen LogP contribution is -2.62. The molecular weight excluding hydrogens is 498 g/mol. The number of carbonyl (C=O) groups is 3. The van der Waals surface area contributed by atoms with E-state index in [0.29, 0.717) is 17.8 Å². The second kappa shape index (κ2) is 7.89. The van der Waals surface area contributed by atoms with Crippen LogP contribution in [0.15, 0.2) is 78.9 Å². The molecule has 0 unspecified atom stereocenters. The number of nitrogens with one attached hydrogen (secondary N) is 2. The number of hydrogen-bond acceptors (Lipinski definition) is 4. The SMILES string of the molecule is Cc1ccc2c(c1C)NC(=O)[C@]21N2CCC[C@H]2[C@H](C(=O)c2ccc3ccccc3c2)[C@@]12C(=O)Nc1ccccc12. The topological polar surface area (TPSA) is 78.5 Å². The van der Waals surface area contributed by atoms with Gasteiger partial charge in [0.1, 0.15) is 11.0 Å². The number of benzene rings is 4. The fourth-order valence-electron chi connectivity index (χ4n) is 8.42. The van der Waals surface area contributed by atoms with E-state index in [4.69, 9.17) is 0 Å². The summed E-state index contributed by atoms with van der Waals surface area (Å²) >= 11 is 0. The number of anilines is 2. The molecule has 4 heterocycles. The first-order valence-corrected chi connectivity index (χ1v) is 14.0. The molecular formula is C34H29N3O3. The highest BCUT2D eigenvalue weighted by Gasteiger charge is 2.81. The van der Waals surface area contributed by atoms with E-state index < -0.39 is 16.9 Å². The zero-order chi connectivity index (χ0) is 27.4. The van der Waals surface area contributed by atoms with Crippen molar-refractivity contribution in [1.82, 2.24) is 4.90 Å². The summed E-state index contributed by atoms with van der Waals surface area (Å²) in [5.41, 5.74) is 2.85. The molecule has 198 valence electrons. The van der Waals surface area contributed by atoms with Gasteiger partial charge in [0, 0.05) is 28.5 Å². The van der Waals surface area contributed by atoms with Crippen molar-refractivity contribution in [1.29, 1.82) is 0 Å². The van der Waals surface area contributed by atoms with Crippen LogP contribution < -0.4 is 10.6 Å². The van der Waals surface area contributed by atoms with E-state index in [1.165, 1.54) is 0 Å². The van der Waals surface area contributed by atoms with E-state index in [9.17, 15) is 14.4 Å². The number of fused-ring (bicyclic) bond motifs is 8. The predicted octanol–water partition coefficient (Wildman–Crippen LogP) is 5.47. The second-order valence-corrected chi connectivity index (χ2v) is 11.7. The molecule has 6 nitrogen and oxygen atoms in total. The minimum absolute atomic E-state index is 0.0866. The largest absolute Gasteiger partial charge is 0.325 e. The number of hydrogen-bond donors (Lipinski definition) is 2. The number of para-hydroxylation sites is 1. The van der Waals surface area contributed by atoms with Gasteiger partial charge in [0.25, 0.3) is 5.91 Å². The van der Waals surface area contributed by atoms with Crippen LogP contribution in [0.3, 0.4) is 0 Å². The molecule has 4 aliphatic rings. The Labute approximate surface area is 232 Å².